The molecule has 0 saturated heterocycles. The van der Waals surface area contributed by atoms with Gasteiger partial charge >= 0.3 is 6.18 Å². The van der Waals surface area contributed by atoms with E-state index in [0.29, 0.717) is 19.4 Å². The number of imidazole rings is 1. The summed E-state index contributed by atoms with van der Waals surface area (Å²) in [6.45, 7) is 0.668. The van der Waals surface area contributed by atoms with Crippen molar-refractivity contribution in [1.82, 2.24) is 9.55 Å². The molecule has 0 fully saturated rings. The van der Waals surface area contributed by atoms with Gasteiger partial charge in [0.05, 0.1) is 10.6 Å². The van der Waals surface area contributed by atoms with Crippen LogP contribution in [0.15, 0.2) is 30.6 Å². The first-order valence-electron chi connectivity index (χ1n) is 7.02. The van der Waals surface area contributed by atoms with E-state index in [-0.39, 0.29) is 17.5 Å². The summed E-state index contributed by atoms with van der Waals surface area (Å²) in [6, 6.07) is 3.34. The summed E-state index contributed by atoms with van der Waals surface area (Å²) in [5.41, 5.74) is -0.878. The zero-order valence-electron chi connectivity index (χ0n) is 11.9. The first-order valence-corrected chi connectivity index (χ1v) is 7.40. The second kappa shape index (κ2) is 5.88. The highest BCUT2D eigenvalue weighted by atomic mass is 35.5. The van der Waals surface area contributed by atoms with Gasteiger partial charge in [-0.15, -0.1) is 0 Å². The van der Waals surface area contributed by atoms with Crippen LogP contribution in [0, 0.1) is 5.92 Å². The first-order chi connectivity index (χ1) is 10.8. The number of hydrogen-bond acceptors (Lipinski definition) is 2. The maximum absolute atomic E-state index is 12.8. The lowest BCUT2D eigenvalue weighted by molar-refractivity contribution is -0.137. The van der Waals surface area contributed by atoms with Gasteiger partial charge in [0.1, 0.15) is 5.82 Å². The van der Waals surface area contributed by atoms with E-state index in [0.717, 1.165) is 18.0 Å². The van der Waals surface area contributed by atoms with Crippen molar-refractivity contribution in [2.45, 2.75) is 25.6 Å². The molecule has 1 aromatic carbocycles. The summed E-state index contributed by atoms with van der Waals surface area (Å²) in [4.78, 5) is 16.5. The number of aryl methyl sites for hydroxylation is 1. The SMILES string of the molecule is O=C(Nc1ccc(Cl)c(C(F)(F)F)c1)C1CCn2ccnc2C1. The van der Waals surface area contributed by atoms with Crippen molar-refractivity contribution in [3.8, 4) is 0 Å². The Bertz CT molecular complexity index is 742. The van der Waals surface area contributed by atoms with Gasteiger partial charge in [0.25, 0.3) is 0 Å². The molecule has 0 saturated carbocycles. The fraction of sp³-hybridized carbons (Fsp3) is 0.333. The lowest BCUT2D eigenvalue weighted by Gasteiger charge is -2.22. The monoisotopic (exact) mass is 343 g/mol. The molecule has 8 heteroatoms. The van der Waals surface area contributed by atoms with Gasteiger partial charge in [0.15, 0.2) is 0 Å². The highest BCUT2D eigenvalue weighted by Crippen LogP contribution is 2.36. The molecule has 4 nitrogen and oxygen atoms in total. The summed E-state index contributed by atoms with van der Waals surface area (Å²) in [5, 5.41) is 2.15. The number of nitrogens with zero attached hydrogens (tertiary/aromatic N) is 2. The summed E-state index contributed by atoms with van der Waals surface area (Å²) in [7, 11) is 0. The number of amides is 1. The van der Waals surface area contributed by atoms with Crippen molar-refractivity contribution in [2.24, 2.45) is 5.92 Å². The second-order valence-corrected chi connectivity index (χ2v) is 5.82. The summed E-state index contributed by atoms with van der Waals surface area (Å²) < 4.78 is 40.5. The van der Waals surface area contributed by atoms with Gasteiger partial charge in [0.2, 0.25) is 5.91 Å². The first kappa shape index (κ1) is 15.9. The Kier molecular flexibility index (Phi) is 4.06. The number of benzene rings is 1. The zero-order valence-corrected chi connectivity index (χ0v) is 12.7. The number of anilines is 1. The molecule has 1 aliphatic heterocycles. The third kappa shape index (κ3) is 3.34. The molecule has 1 aromatic heterocycles. The van der Waals surface area contributed by atoms with Crippen LogP contribution >= 0.6 is 11.6 Å². The molecule has 1 unspecified atom stereocenters. The van der Waals surface area contributed by atoms with Gasteiger partial charge in [-0.25, -0.2) is 4.98 Å². The number of carbonyl (C=O) groups excluding carboxylic acids is 1. The molecule has 122 valence electrons. The van der Waals surface area contributed by atoms with E-state index in [1.54, 1.807) is 6.20 Å². The van der Waals surface area contributed by atoms with Gasteiger partial charge in [-0.2, -0.15) is 13.2 Å². The lowest BCUT2D eigenvalue weighted by Crippen LogP contribution is -2.30. The molecule has 3 rings (SSSR count). The molecule has 0 spiro atoms. The van der Waals surface area contributed by atoms with Gasteiger partial charge < -0.3 is 9.88 Å². The van der Waals surface area contributed by atoms with Gasteiger partial charge in [-0.3, -0.25) is 4.79 Å². The molecule has 23 heavy (non-hydrogen) atoms. The minimum atomic E-state index is -4.56. The smallest absolute Gasteiger partial charge is 0.335 e. The summed E-state index contributed by atoms with van der Waals surface area (Å²) in [5.74, 6) is 0.188. The molecule has 2 heterocycles. The minimum Gasteiger partial charge on any atom is -0.335 e. The molecule has 0 aliphatic carbocycles. The average molecular weight is 344 g/mol. The number of halogens is 4. The normalized spacial score (nSPS) is 17.7. The molecule has 0 bridgehead atoms. The number of aromatic nitrogens is 2. The van der Waals surface area contributed by atoms with E-state index in [9.17, 15) is 18.0 Å². The van der Waals surface area contributed by atoms with E-state index >= 15 is 0 Å². The molecular formula is C15H13ClF3N3O. The minimum absolute atomic E-state index is 0.0839. The van der Waals surface area contributed by atoms with Crippen LogP contribution in [-0.4, -0.2) is 15.5 Å². The zero-order chi connectivity index (χ0) is 16.6. The molecular weight excluding hydrogens is 331 g/mol. The molecule has 1 aliphatic rings. The van der Waals surface area contributed by atoms with Crippen LogP contribution in [-0.2, 0) is 23.9 Å². The Balaban J connectivity index is 1.74. The van der Waals surface area contributed by atoms with Crippen LogP contribution in [0.1, 0.15) is 17.8 Å². The second-order valence-electron chi connectivity index (χ2n) is 5.41. The quantitative estimate of drug-likeness (QED) is 0.902. The van der Waals surface area contributed by atoms with Crippen molar-refractivity contribution >= 4 is 23.2 Å². The number of rotatable bonds is 2. The van der Waals surface area contributed by atoms with Crippen LogP contribution in [0.25, 0.3) is 0 Å². The lowest BCUT2D eigenvalue weighted by atomic mass is 9.96. The van der Waals surface area contributed by atoms with Crippen molar-refractivity contribution < 1.29 is 18.0 Å². The average Bonchev–Trinajstić information content (AvgIpc) is 2.95. The van der Waals surface area contributed by atoms with E-state index in [1.165, 1.54) is 6.07 Å². The Morgan fingerprint density at radius 3 is 2.91 bits per heavy atom. The maximum Gasteiger partial charge on any atom is 0.417 e. The third-order valence-corrected chi connectivity index (χ3v) is 4.19. The fourth-order valence-corrected chi connectivity index (χ4v) is 2.86. The number of alkyl halides is 3. The number of nitrogens with one attached hydrogen (secondary N) is 1. The van der Waals surface area contributed by atoms with E-state index in [1.807, 2.05) is 10.8 Å². The van der Waals surface area contributed by atoms with Crippen LogP contribution in [0.3, 0.4) is 0 Å². The summed E-state index contributed by atoms with van der Waals surface area (Å²) in [6.07, 6.45) is 0.0452. The van der Waals surface area contributed by atoms with Crippen molar-refractivity contribution in [1.29, 1.82) is 0 Å². The van der Waals surface area contributed by atoms with Crippen molar-refractivity contribution in [3.63, 3.8) is 0 Å². The van der Waals surface area contributed by atoms with Gasteiger partial charge in [0, 0.05) is 37.0 Å². The fourth-order valence-electron chi connectivity index (χ4n) is 2.64. The van der Waals surface area contributed by atoms with Crippen molar-refractivity contribution in [2.75, 3.05) is 5.32 Å². The predicted octanol–water partition coefficient (Wildman–Crippen LogP) is 3.76. The molecule has 1 N–H and O–H groups in total. The van der Waals surface area contributed by atoms with Crippen LogP contribution in [0.2, 0.25) is 5.02 Å². The highest BCUT2D eigenvalue weighted by Gasteiger charge is 2.33. The number of carbonyl (C=O) groups is 1. The maximum atomic E-state index is 12.8. The molecule has 1 atom stereocenters. The molecule has 0 radical (unpaired) electrons. The van der Waals surface area contributed by atoms with E-state index < -0.39 is 16.8 Å². The van der Waals surface area contributed by atoms with Crippen LogP contribution < -0.4 is 5.32 Å². The van der Waals surface area contributed by atoms with Crippen LogP contribution in [0.5, 0.6) is 0 Å². The Hall–Kier alpha value is -2.02. The largest absolute Gasteiger partial charge is 0.417 e. The highest BCUT2D eigenvalue weighted by molar-refractivity contribution is 6.31. The Morgan fingerprint density at radius 1 is 1.39 bits per heavy atom. The van der Waals surface area contributed by atoms with Gasteiger partial charge in [-0.1, -0.05) is 11.6 Å². The van der Waals surface area contributed by atoms with Crippen LogP contribution in [0.4, 0.5) is 18.9 Å². The molecule has 1 amide bonds. The Labute approximate surface area is 135 Å². The summed E-state index contributed by atoms with van der Waals surface area (Å²) >= 11 is 5.57. The van der Waals surface area contributed by atoms with E-state index in [2.05, 4.69) is 10.3 Å². The predicted molar refractivity (Wildman–Crippen MR) is 79.1 cm³/mol. The molecule has 2 aromatic rings. The van der Waals surface area contributed by atoms with E-state index in [4.69, 9.17) is 11.6 Å². The number of hydrogen-bond donors (Lipinski definition) is 1. The van der Waals surface area contributed by atoms with Crippen molar-refractivity contribution in [3.05, 3.63) is 47.0 Å². The topological polar surface area (TPSA) is 46.9 Å². The number of fused-ring (bicyclic) bond motifs is 1. The third-order valence-electron chi connectivity index (χ3n) is 3.86. The standard InChI is InChI=1S/C15H13ClF3N3O/c16-12-2-1-10(8-11(12)15(17,18)19)21-14(23)9-3-5-22-6-4-20-13(22)7-9/h1-2,4,6,8-9H,3,5,7H2,(H,21,23). The van der Waals surface area contributed by atoms with Gasteiger partial charge in [-0.05, 0) is 24.6 Å². The Morgan fingerprint density at radius 2 is 2.17 bits per heavy atom.